The summed E-state index contributed by atoms with van der Waals surface area (Å²) in [6.07, 6.45) is -0.484. The Balaban J connectivity index is 1.84. The minimum Gasteiger partial charge on any atom is -0.444 e. The van der Waals surface area contributed by atoms with Gasteiger partial charge in [0.05, 0.1) is 13.2 Å². The number of nitrogens with one attached hydrogen (secondary N) is 1. The first-order valence-corrected chi connectivity index (χ1v) is 9.30. The minimum absolute atomic E-state index is 0.287. The lowest BCUT2D eigenvalue weighted by Gasteiger charge is -2.33. The maximum absolute atomic E-state index is 12.0. The Labute approximate surface area is 143 Å². The number of fused-ring (bicyclic) bond motifs is 1. The Morgan fingerprint density at radius 3 is 3.00 bits per heavy atom. The van der Waals surface area contributed by atoms with Crippen molar-refractivity contribution in [2.24, 2.45) is 10.9 Å². The first kappa shape index (κ1) is 16.6. The van der Waals surface area contributed by atoms with Gasteiger partial charge in [-0.3, -0.25) is 5.32 Å². The summed E-state index contributed by atoms with van der Waals surface area (Å²) in [6.45, 7) is 6.68. The Kier molecular flexibility index (Phi) is 4.33. The number of hydrogen-bond donors (Lipinski definition) is 2. The number of nitrogens with zero attached hydrogens (tertiary/aromatic N) is 1. The number of amides is 1. The molecule has 1 aromatic rings. The van der Waals surface area contributed by atoms with E-state index in [-0.39, 0.29) is 5.92 Å². The normalized spacial score (nSPS) is 27.3. The lowest BCUT2D eigenvalue weighted by atomic mass is 9.87. The first-order chi connectivity index (χ1) is 10.8. The van der Waals surface area contributed by atoms with E-state index in [0.29, 0.717) is 18.4 Å². The van der Waals surface area contributed by atoms with Crippen molar-refractivity contribution < 1.29 is 14.3 Å². The summed E-state index contributed by atoms with van der Waals surface area (Å²) in [5, 5.41) is 5.25. The van der Waals surface area contributed by atoms with Crippen LogP contribution in [0, 0.1) is 5.92 Å². The van der Waals surface area contributed by atoms with Crippen molar-refractivity contribution in [1.29, 1.82) is 0 Å². The van der Waals surface area contributed by atoms with Gasteiger partial charge in [-0.05, 0) is 26.8 Å². The third kappa shape index (κ3) is 3.49. The average molecular weight is 355 g/mol. The van der Waals surface area contributed by atoms with E-state index in [4.69, 9.17) is 20.2 Å². The predicted molar refractivity (Wildman–Crippen MR) is 94.0 cm³/mol. The Hall–Kier alpha value is -1.25. The van der Waals surface area contributed by atoms with Gasteiger partial charge < -0.3 is 15.2 Å². The van der Waals surface area contributed by atoms with E-state index in [2.05, 4.69) is 5.32 Å². The molecule has 0 saturated carbocycles. The number of amidine groups is 1. The van der Waals surface area contributed by atoms with Gasteiger partial charge in [-0.15, -0.1) is 11.3 Å². The third-order valence-corrected chi connectivity index (χ3v) is 5.84. The molecule has 2 aliphatic heterocycles. The number of hydrogen-bond acceptors (Lipinski definition) is 7. The molecule has 0 radical (unpaired) electrons. The summed E-state index contributed by atoms with van der Waals surface area (Å²) in [6, 6.07) is 1.96. The molecule has 3 heterocycles. The fourth-order valence-corrected chi connectivity index (χ4v) is 4.80. The molecule has 1 fully saturated rings. The van der Waals surface area contributed by atoms with Crippen molar-refractivity contribution in [2.45, 2.75) is 31.9 Å². The molecule has 1 amide bonds. The van der Waals surface area contributed by atoms with Gasteiger partial charge in [0, 0.05) is 27.6 Å². The number of carbonyl (C=O) groups excluding carboxylic acids is 1. The van der Waals surface area contributed by atoms with Crippen LogP contribution in [0.5, 0.6) is 0 Å². The van der Waals surface area contributed by atoms with Gasteiger partial charge in [0.1, 0.15) is 11.1 Å². The summed E-state index contributed by atoms with van der Waals surface area (Å²) >= 11 is 3.11. The molecule has 2 aliphatic rings. The summed E-state index contributed by atoms with van der Waals surface area (Å²) in [7, 11) is 0. The van der Waals surface area contributed by atoms with Crippen molar-refractivity contribution >= 4 is 40.0 Å². The molecule has 0 unspecified atom stereocenters. The highest BCUT2D eigenvalue weighted by atomic mass is 32.2. The fraction of sp³-hybridized carbons (Fsp3) is 0.600. The molecule has 8 heteroatoms. The number of nitrogen functional groups attached to an aromatic ring is 1. The maximum Gasteiger partial charge on any atom is 0.413 e. The van der Waals surface area contributed by atoms with E-state index in [1.54, 1.807) is 11.3 Å². The van der Waals surface area contributed by atoms with E-state index >= 15 is 0 Å². The number of ether oxygens (including phenoxy) is 2. The molecule has 2 atom stereocenters. The second-order valence-electron chi connectivity index (χ2n) is 6.74. The van der Waals surface area contributed by atoms with Crippen LogP contribution in [0.3, 0.4) is 0 Å². The molecule has 0 aromatic carbocycles. The Morgan fingerprint density at radius 1 is 1.57 bits per heavy atom. The zero-order chi connectivity index (χ0) is 16.7. The quantitative estimate of drug-likeness (QED) is 0.809. The van der Waals surface area contributed by atoms with Gasteiger partial charge in [-0.25, -0.2) is 9.79 Å². The van der Waals surface area contributed by atoms with Crippen molar-refractivity contribution in [3.8, 4) is 0 Å². The SMILES string of the molecule is CC(C)(C)OC(=O)NC1=N[C@@]2(c3cc(N)cs3)COC[C@H]2CS1. The minimum atomic E-state index is -0.539. The molecule has 3 N–H and O–H groups in total. The second kappa shape index (κ2) is 5.99. The van der Waals surface area contributed by atoms with Gasteiger partial charge in [-0.1, -0.05) is 11.8 Å². The van der Waals surface area contributed by atoms with Gasteiger partial charge in [0.15, 0.2) is 5.17 Å². The molecule has 6 nitrogen and oxygen atoms in total. The Bertz CT molecular complexity index is 638. The summed E-state index contributed by atoms with van der Waals surface area (Å²) in [5.74, 6) is 1.13. The van der Waals surface area contributed by atoms with Crippen molar-refractivity contribution in [3.05, 3.63) is 16.3 Å². The molecular weight excluding hydrogens is 334 g/mol. The number of rotatable bonds is 1. The number of thioether (sulfide) groups is 1. The van der Waals surface area contributed by atoms with Crippen LogP contribution in [0.2, 0.25) is 0 Å². The van der Waals surface area contributed by atoms with Crippen molar-refractivity contribution in [2.75, 3.05) is 24.7 Å². The van der Waals surface area contributed by atoms with Crippen LogP contribution in [-0.2, 0) is 15.0 Å². The molecule has 23 heavy (non-hydrogen) atoms. The van der Waals surface area contributed by atoms with Crippen LogP contribution in [0.25, 0.3) is 0 Å². The second-order valence-corrected chi connectivity index (χ2v) is 8.66. The highest BCUT2D eigenvalue weighted by molar-refractivity contribution is 8.13. The monoisotopic (exact) mass is 355 g/mol. The first-order valence-electron chi connectivity index (χ1n) is 7.43. The summed E-state index contributed by atoms with van der Waals surface area (Å²) < 4.78 is 11.0. The van der Waals surface area contributed by atoms with Crippen LogP contribution in [-0.4, -0.2) is 35.8 Å². The zero-order valence-corrected chi connectivity index (χ0v) is 15.1. The van der Waals surface area contributed by atoms with E-state index in [1.165, 1.54) is 11.8 Å². The molecule has 126 valence electrons. The largest absolute Gasteiger partial charge is 0.444 e. The van der Waals surface area contributed by atoms with Gasteiger partial charge in [0.25, 0.3) is 0 Å². The van der Waals surface area contributed by atoms with Crippen LogP contribution in [0.1, 0.15) is 25.6 Å². The lowest BCUT2D eigenvalue weighted by molar-refractivity contribution is 0.0564. The van der Waals surface area contributed by atoms with Gasteiger partial charge in [-0.2, -0.15) is 0 Å². The number of alkyl carbamates (subject to hydrolysis) is 1. The number of thiophene rings is 1. The molecule has 1 aromatic heterocycles. The number of carbonyl (C=O) groups is 1. The standard InChI is InChI=1S/C15H21N3O3S2/c1-14(2,3)21-13(19)17-12-18-15(11-4-10(16)7-22-11)8-20-5-9(15)6-23-12/h4,7,9H,5-6,8,16H2,1-3H3,(H,17,18,19)/t9-,15-/m0/s1. The molecule has 0 spiro atoms. The van der Waals surface area contributed by atoms with Crippen LogP contribution >= 0.6 is 23.1 Å². The zero-order valence-electron chi connectivity index (χ0n) is 13.4. The summed E-state index contributed by atoms with van der Waals surface area (Å²) in [5.41, 5.74) is 5.63. The number of aliphatic imine (C=N–C) groups is 1. The number of anilines is 1. The lowest BCUT2D eigenvalue weighted by Crippen LogP contribution is -2.43. The molecule has 3 rings (SSSR count). The molecule has 0 bridgehead atoms. The smallest absolute Gasteiger partial charge is 0.413 e. The van der Waals surface area contributed by atoms with Crippen LogP contribution in [0.15, 0.2) is 16.4 Å². The topological polar surface area (TPSA) is 85.9 Å². The molecule has 1 saturated heterocycles. The van der Waals surface area contributed by atoms with Crippen molar-refractivity contribution in [3.63, 3.8) is 0 Å². The molecule has 0 aliphatic carbocycles. The fourth-order valence-electron chi connectivity index (χ4n) is 2.68. The molecular formula is C15H21N3O3S2. The summed E-state index contributed by atoms with van der Waals surface area (Å²) in [4.78, 5) is 17.9. The van der Waals surface area contributed by atoms with Gasteiger partial charge in [0.2, 0.25) is 0 Å². The van der Waals surface area contributed by atoms with E-state index in [0.717, 1.165) is 16.3 Å². The van der Waals surface area contributed by atoms with Crippen LogP contribution in [0.4, 0.5) is 10.5 Å². The van der Waals surface area contributed by atoms with Crippen molar-refractivity contribution in [1.82, 2.24) is 5.32 Å². The predicted octanol–water partition coefficient (Wildman–Crippen LogP) is 2.80. The van der Waals surface area contributed by atoms with Gasteiger partial charge >= 0.3 is 6.09 Å². The average Bonchev–Trinajstić information content (AvgIpc) is 3.02. The van der Waals surface area contributed by atoms with Crippen LogP contribution < -0.4 is 11.1 Å². The highest BCUT2D eigenvalue weighted by Gasteiger charge is 2.49. The number of nitrogens with two attached hydrogens (primary N) is 1. The van der Waals surface area contributed by atoms with E-state index in [9.17, 15) is 4.79 Å². The van der Waals surface area contributed by atoms with E-state index in [1.807, 2.05) is 32.2 Å². The third-order valence-electron chi connectivity index (χ3n) is 3.69. The van der Waals surface area contributed by atoms with E-state index < -0.39 is 17.2 Å². The maximum atomic E-state index is 12.0. The highest BCUT2D eigenvalue weighted by Crippen LogP contribution is 2.46. The Morgan fingerprint density at radius 2 is 2.35 bits per heavy atom.